The molecular formula is C9H15O2. The maximum absolute atomic E-state index is 10.6. The summed E-state index contributed by atoms with van der Waals surface area (Å²) in [6.07, 6.45) is 4.35. The van der Waals surface area contributed by atoms with E-state index in [1.165, 1.54) is 6.92 Å². The Labute approximate surface area is 67.9 Å². The van der Waals surface area contributed by atoms with Crippen LogP contribution in [-0.2, 0) is 9.53 Å². The second-order valence-electron chi connectivity index (χ2n) is 3.25. The van der Waals surface area contributed by atoms with Gasteiger partial charge in [-0.05, 0) is 31.6 Å². The molecule has 0 aromatic rings. The Morgan fingerprint density at radius 3 is 2.36 bits per heavy atom. The van der Waals surface area contributed by atoms with Crippen molar-refractivity contribution in [1.29, 1.82) is 0 Å². The number of rotatable bonds is 1. The van der Waals surface area contributed by atoms with E-state index < -0.39 is 0 Å². The van der Waals surface area contributed by atoms with Gasteiger partial charge in [0, 0.05) is 6.92 Å². The van der Waals surface area contributed by atoms with E-state index in [4.69, 9.17) is 4.74 Å². The molecule has 0 heterocycles. The molecule has 11 heavy (non-hydrogen) atoms. The van der Waals surface area contributed by atoms with Gasteiger partial charge >= 0.3 is 5.97 Å². The zero-order chi connectivity index (χ0) is 8.27. The summed E-state index contributed by atoms with van der Waals surface area (Å²) < 4.78 is 5.07. The van der Waals surface area contributed by atoms with E-state index in [0.717, 1.165) is 25.7 Å². The monoisotopic (exact) mass is 155 g/mol. The first-order valence-electron chi connectivity index (χ1n) is 4.19. The van der Waals surface area contributed by atoms with Crippen LogP contribution in [0.25, 0.3) is 0 Å². The van der Waals surface area contributed by atoms with Crippen LogP contribution < -0.4 is 0 Å². The standard InChI is InChI=1S/C9H15O2/c1-7-3-5-9(6-4-7)11-8(2)10/h7,9H,1,3-6H2,2H3. The van der Waals surface area contributed by atoms with Crippen LogP contribution in [0.4, 0.5) is 0 Å². The number of hydrogen-bond acceptors (Lipinski definition) is 2. The van der Waals surface area contributed by atoms with Gasteiger partial charge in [-0.3, -0.25) is 4.79 Å². The Morgan fingerprint density at radius 1 is 1.36 bits per heavy atom. The van der Waals surface area contributed by atoms with Crippen molar-refractivity contribution < 1.29 is 9.53 Å². The van der Waals surface area contributed by atoms with Crippen molar-refractivity contribution in [2.45, 2.75) is 38.7 Å². The van der Waals surface area contributed by atoms with Gasteiger partial charge in [-0.2, -0.15) is 0 Å². The highest BCUT2D eigenvalue weighted by atomic mass is 16.5. The van der Waals surface area contributed by atoms with Gasteiger partial charge < -0.3 is 4.74 Å². The molecule has 0 atom stereocenters. The molecule has 0 amide bonds. The zero-order valence-corrected chi connectivity index (χ0v) is 7.01. The van der Waals surface area contributed by atoms with E-state index in [-0.39, 0.29) is 12.1 Å². The van der Waals surface area contributed by atoms with Crippen molar-refractivity contribution in [3.63, 3.8) is 0 Å². The average Bonchev–Trinajstić information content (AvgIpc) is 1.93. The molecule has 0 bridgehead atoms. The predicted octanol–water partition coefficient (Wildman–Crippen LogP) is 1.94. The summed E-state index contributed by atoms with van der Waals surface area (Å²) in [7, 11) is 0. The summed E-state index contributed by atoms with van der Waals surface area (Å²) in [4.78, 5) is 10.6. The minimum Gasteiger partial charge on any atom is -0.463 e. The molecule has 0 aromatic heterocycles. The maximum atomic E-state index is 10.6. The minimum atomic E-state index is -0.155. The van der Waals surface area contributed by atoms with E-state index in [1.807, 2.05) is 0 Å². The van der Waals surface area contributed by atoms with Gasteiger partial charge in [0.25, 0.3) is 0 Å². The average molecular weight is 155 g/mol. The highest BCUT2D eigenvalue weighted by Gasteiger charge is 2.19. The molecule has 0 aromatic carbocycles. The molecule has 2 nitrogen and oxygen atoms in total. The largest absolute Gasteiger partial charge is 0.463 e. The third-order valence-corrected chi connectivity index (χ3v) is 2.13. The van der Waals surface area contributed by atoms with Crippen molar-refractivity contribution in [3.05, 3.63) is 6.92 Å². The van der Waals surface area contributed by atoms with Crippen LogP contribution in [0.3, 0.4) is 0 Å². The molecule has 1 aliphatic carbocycles. The lowest BCUT2D eigenvalue weighted by Crippen LogP contribution is -2.22. The van der Waals surface area contributed by atoms with E-state index in [9.17, 15) is 4.79 Å². The van der Waals surface area contributed by atoms with Crippen molar-refractivity contribution in [1.82, 2.24) is 0 Å². The summed E-state index contributed by atoms with van der Waals surface area (Å²) in [6, 6.07) is 0. The molecule has 1 saturated carbocycles. The molecule has 1 fully saturated rings. The first-order chi connectivity index (χ1) is 5.18. The molecule has 0 unspecified atom stereocenters. The van der Waals surface area contributed by atoms with Gasteiger partial charge in [0.05, 0.1) is 0 Å². The number of carbonyl (C=O) groups is 1. The van der Waals surface area contributed by atoms with Crippen molar-refractivity contribution in [2.75, 3.05) is 0 Å². The third-order valence-electron chi connectivity index (χ3n) is 2.13. The lowest BCUT2D eigenvalue weighted by molar-refractivity contribution is -0.148. The highest BCUT2D eigenvalue weighted by molar-refractivity contribution is 5.66. The van der Waals surface area contributed by atoms with E-state index in [1.54, 1.807) is 0 Å². The van der Waals surface area contributed by atoms with Crippen molar-refractivity contribution in [2.24, 2.45) is 5.92 Å². The van der Waals surface area contributed by atoms with E-state index in [2.05, 4.69) is 6.92 Å². The maximum Gasteiger partial charge on any atom is 0.302 e. The summed E-state index contributed by atoms with van der Waals surface area (Å²) in [5.74, 6) is 0.416. The Hall–Kier alpha value is -0.530. The minimum absolute atomic E-state index is 0.155. The summed E-state index contributed by atoms with van der Waals surface area (Å²) in [5.41, 5.74) is 0. The Kier molecular flexibility index (Phi) is 2.92. The Morgan fingerprint density at radius 2 is 1.91 bits per heavy atom. The van der Waals surface area contributed by atoms with Gasteiger partial charge in [0.2, 0.25) is 0 Å². The summed E-state index contributed by atoms with van der Waals surface area (Å²) in [5, 5.41) is 0. The van der Waals surface area contributed by atoms with Gasteiger partial charge in [0.1, 0.15) is 6.10 Å². The fourth-order valence-electron chi connectivity index (χ4n) is 1.48. The highest BCUT2D eigenvalue weighted by Crippen LogP contribution is 2.25. The third kappa shape index (κ3) is 2.91. The molecule has 1 aliphatic rings. The second-order valence-corrected chi connectivity index (χ2v) is 3.25. The molecule has 0 saturated heterocycles. The van der Waals surface area contributed by atoms with Crippen molar-refractivity contribution in [3.8, 4) is 0 Å². The predicted molar refractivity (Wildman–Crippen MR) is 42.9 cm³/mol. The lowest BCUT2D eigenvalue weighted by Gasteiger charge is -2.25. The first-order valence-corrected chi connectivity index (χ1v) is 4.19. The van der Waals surface area contributed by atoms with Crippen LogP contribution in [0, 0.1) is 12.8 Å². The molecule has 0 aliphatic heterocycles. The fraction of sp³-hybridized carbons (Fsp3) is 0.778. The number of carbonyl (C=O) groups excluding carboxylic acids is 1. The second kappa shape index (κ2) is 3.74. The Bertz CT molecular complexity index is 134. The van der Waals surface area contributed by atoms with Crippen LogP contribution in [0.2, 0.25) is 0 Å². The summed E-state index contributed by atoms with van der Waals surface area (Å²) in [6.45, 7) is 5.44. The van der Waals surface area contributed by atoms with Gasteiger partial charge in [-0.15, -0.1) is 0 Å². The zero-order valence-electron chi connectivity index (χ0n) is 7.01. The Balaban J connectivity index is 2.22. The van der Waals surface area contributed by atoms with Crippen LogP contribution in [-0.4, -0.2) is 12.1 Å². The van der Waals surface area contributed by atoms with Crippen molar-refractivity contribution >= 4 is 5.97 Å². The summed E-state index contributed by atoms with van der Waals surface area (Å²) >= 11 is 0. The smallest absolute Gasteiger partial charge is 0.302 e. The number of hydrogen-bond donors (Lipinski definition) is 0. The molecular weight excluding hydrogens is 140 g/mol. The number of ether oxygens (including phenoxy) is 1. The quantitative estimate of drug-likeness (QED) is 0.541. The van der Waals surface area contributed by atoms with Gasteiger partial charge in [-0.25, -0.2) is 0 Å². The molecule has 1 radical (unpaired) electrons. The van der Waals surface area contributed by atoms with Gasteiger partial charge in [0.15, 0.2) is 0 Å². The first kappa shape index (κ1) is 8.57. The normalized spacial score (nSPS) is 31.5. The van der Waals surface area contributed by atoms with Crippen LogP contribution in [0.15, 0.2) is 0 Å². The molecule has 1 rings (SSSR count). The van der Waals surface area contributed by atoms with E-state index in [0.29, 0.717) is 5.92 Å². The molecule has 0 spiro atoms. The van der Waals surface area contributed by atoms with Gasteiger partial charge in [-0.1, -0.05) is 6.92 Å². The lowest BCUT2D eigenvalue weighted by atomic mass is 9.89. The van der Waals surface area contributed by atoms with Crippen LogP contribution >= 0.6 is 0 Å². The topological polar surface area (TPSA) is 26.3 Å². The number of esters is 1. The SMILES string of the molecule is [CH2]C1CCC(OC(C)=O)CC1. The molecule has 2 heteroatoms. The molecule has 0 N–H and O–H groups in total. The van der Waals surface area contributed by atoms with E-state index >= 15 is 0 Å². The molecule has 63 valence electrons. The fourth-order valence-corrected chi connectivity index (χ4v) is 1.48. The van der Waals surface area contributed by atoms with Crippen LogP contribution in [0.5, 0.6) is 0 Å². The van der Waals surface area contributed by atoms with Crippen LogP contribution in [0.1, 0.15) is 32.6 Å².